The second-order valence-electron chi connectivity index (χ2n) is 4.68. The molecular formula is C17H17BrFNO. The molecular weight excluding hydrogens is 333 g/mol. The quantitative estimate of drug-likeness (QED) is 0.741. The zero-order valence-corrected chi connectivity index (χ0v) is 13.4. The highest BCUT2D eigenvalue weighted by Crippen LogP contribution is 2.20. The van der Waals surface area contributed by atoms with E-state index >= 15 is 0 Å². The number of carbonyl (C=O) groups is 1. The van der Waals surface area contributed by atoms with E-state index in [0.717, 1.165) is 5.69 Å². The van der Waals surface area contributed by atoms with Gasteiger partial charge in [-0.3, -0.25) is 4.79 Å². The Hall–Kier alpha value is -1.68. The molecule has 0 saturated carbocycles. The maximum Gasteiger partial charge on any atom is 0.241 e. The Balaban J connectivity index is 2.13. The molecule has 0 aliphatic rings. The molecule has 2 rings (SSSR count). The average Bonchev–Trinajstić information content (AvgIpc) is 2.51. The van der Waals surface area contributed by atoms with E-state index in [9.17, 15) is 9.18 Å². The lowest BCUT2D eigenvalue weighted by molar-refractivity contribution is -0.117. The molecule has 21 heavy (non-hydrogen) atoms. The number of rotatable bonds is 5. The highest BCUT2D eigenvalue weighted by Gasteiger charge is 2.23. The van der Waals surface area contributed by atoms with Crippen molar-refractivity contribution in [1.82, 2.24) is 0 Å². The molecule has 4 heteroatoms. The fraction of sp³-hybridized carbons (Fsp3) is 0.235. The van der Waals surface area contributed by atoms with Crippen molar-refractivity contribution in [2.75, 3.05) is 11.4 Å². The van der Waals surface area contributed by atoms with Crippen molar-refractivity contribution in [3.63, 3.8) is 0 Å². The highest BCUT2D eigenvalue weighted by atomic mass is 79.9. The van der Waals surface area contributed by atoms with Gasteiger partial charge in [-0.1, -0.05) is 52.3 Å². The summed E-state index contributed by atoms with van der Waals surface area (Å²) in [6.45, 7) is 2.50. The smallest absolute Gasteiger partial charge is 0.241 e. The van der Waals surface area contributed by atoms with Gasteiger partial charge in [-0.05, 0) is 37.1 Å². The minimum atomic E-state index is -0.449. The summed E-state index contributed by atoms with van der Waals surface area (Å²) >= 11 is 3.40. The normalized spacial score (nSPS) is 12.0. The standard InChI is InChI=1S/C17H17BrFNO/c1-2-20(14-9-4-3-5-10-14)17(21)15(18)12-13-8-6-7-11-16(13)19/h3-11,15H,2,12H2,1H3. The van der Waals surface area contributed by atoms with Crippen LogP contribution in [0.2, 0.25) is 0 Å². The van der Waals surface area contributed by atoms with Crippen molar-refractivity contribution in [1.29, 1.82) is 0 Å². The van der Waals surface area contributed by atoms with Crippen LogP contribution in [0.3, 0.4) is 0 Å². The fourth-order valence-electron chi connectivity index (χ4n) is 2.19. The van der Waals surface area contributed by atoms with Crippen LogP contribution in [-0.2, 0) is 11.2 Å². The summed E-state index contributed by atoms with van der Waals surface area (Å²) in [6, 6.07) is 16.0. The largest absolute Gasteiger partial charge is 0.312 e. The number of nitrogens with zero attached hydrogens (tertiary/aromatic N) is 1. The molecule has 0 aromatic heterocycles. The van der Waals surface area contributed by atoms with Gasteiger partial charge in [0.1, 0.15) is 5.82 Å². The van der Waals surface area contributed by atoms with Gasteiger partial charge in [0, 0.05) is 12.2 Å². The summed E-state index contributed by atoms with van der Waals surface area (Å²) in [5.74, 6) is -0.343. The predicted molar refractivity (Wildman–Crippen MR) is 87.3 cm³/mol. The third-order valence-corrected chi connectivity index (χ3v) is 3.99. The summed E-state index contributed by atoms with van der Waals surface area (Å²) in [5.41, 5.74) is 1.39. The van der Waals surface area contributed by atoms with Crippen LogP contribution in [0.4, 0.5) is 10.1 Å². The second kappa shape index (κ2) is 7.36. The monoisotopic (exact) mass is 349 g/mol. The zero-order valence-electron chi connectivity index (χ0n) is 11.8. The molecule has 0 fully saturated rings. The lowest BCUT2D eigenvalue weighted by atomic mass is 10.1. The maximum absolute atomic E-state index is 13.7. The number of carbonyl (C=O) groups excluding carboxylic acids is 1. The van der Waals surface area contributed by atoms with Gasteiger partial charge in [0.2, 0.25) is 5.91 Å². The van der Waals surface area contributed by atoms with Crippen LogP contribution >= 0.6 is 15.9 Å². The number of hydrogen-bond acceptors (Lipinski definition) is 1. The first-order chi connectivity index (χ1) is 10.1. The molecule has 0 bridgehead atoms. The summed E-state index contributed by atoms with van der Waals surface area (Å²) in [7, 11) is 0. The topological polar surface area (TPSA) is 20.3 Å². The van der Waals surface area contributed by atoms with Crippen LogP contribution in [0.15, 0.2) is 54.6 Å². The van der Waals surface area contributed by atoms with E-state index in [4.69, 9.17) is 0 Å². The maximum atomic E-state index is 13.7. The first kappa shape index (κ1) is 15.7. The van der Waals surface area contributed by atoms with Crippen LogP contribution in [0.1, 0.15) is 12.5 Å². The van der Waals surface area contributed by atoms with Crippen LogP contribution in [0, 0.1) is 5.82 Å². The van der Waals surface area contributed by atoms with Crippen LogP contribution in [-0.4, -0.2) is 17.3 Å². The van der Waals surface area contributed by atoms with Crippen molar-refractivity contribution in [3.05, 3.63) is 66.0 Å². The van der Waals surface area contributed by atoms with Crippen LogP contribution in [0.25, 0.3) is 0 Å². The number of halogens is 2. The molecule has 2 aromatic carbocycles. The number of benzene rings is 2. The molecule has 1 amide bonds. The lowest BCUT2D eigenvalue weighted by Crippen LogP contribution is -2.37. The first-order valence-corrected chi connectivity index (χ1v) is 7.79. The molecule has 0 N–H and O–H groups in total. The Morgan fingerprint density at radius 1 is 1.14 bits per heavy atom. The van der Waals surface area contributed by atoms with Crippen molar-refractivity contribution < 1.29 is 9.18 Å². The molecule has 2 nitrogen and oxygen atoms in total. The van der Waals surface area contributed by atoms with Gasteiger partial charge in [0.25, 0.3) is 0 Å². The van der Waals surface area contributed by atoms with E-state index in [1.54, 1.807) is 23.1 Å². The molecule has 2 aromatic rings. The molecule has 110 valence electrons. The highest BCUT2D eigenvalue weighted by molar-refractivity contribution is 9.10. The van der Waals surface area contributed by atoms with Gasteiger partial charge in [0.15, 0.2) is 0 Å². The van der Waals surface area contributed by atoms with Crippen LogP contribution < -0.4 is 4.90 Å². The number of alkyl halides is 1. The molecule has 0 heterocycles. The zero-order chi connectivity index (χ0) is 15.2. The minimum absolute atomic E-state index is 0.0630. The van der Waals surface area contributed by atoms with E-state index in [1.165, 1.54) is 6.07 Å². The summed E-state index contributed by atoms with van der Waals surface area (Å²) < 4.78 is 13.7. The van der Waals surface area contributed by atoms with E-state index in [-0.39, 0.29) is 11.7 Å². The van der Waals surface area contributed by atoms with Gasteiger partial charge in [-0.15, -0.1) is 0 Å². The van der Waals surface area contributed by atoms with Crippen molar-refractivity contribution >= 4 is 27.5 Å². The molecule has 1 atom stereocenters. The Labute approximate surface area is 132 Å². The van der Waals surface area contributed by atoms with Crippen molar-refractivity contribution in [2.24, 2.45) is 0 Å². The Morgan fingerprint density at radius 2 is 1.76 bits per heavy atom. The molecule has 0 radical (unpaired) electrons. The van der Waals surface area contributed by atoms with E-state index in [2.05, 4.69) is 15.9 Å². The lowest BCUT2D eigenvalue weighted by Gasteiger charge is -2.24. The Morgan fingerprint density at radius 3 is 2.38 bits per heavy atom. The Kier molecular flexibility index (Phi) is 5.51. The number of amides is 1. The molecule has 0 saturated heterocycles. The number of anilines is 1. The van der Waals surface area contributed by atoms with Gasteiger partial charge in [-0.2, -0.15) is 0 Å². The third-order valence-electron chi connectivity index (χ3n) is 3.28. The van der Waals surface area contributed by atoms with Gasteiger partial charge < -0.3 is 4.90 Å². The van der Waals surface area contributed by atoms with E-state index in [1.807, 2.05) is 37.3 Å². The summed E-state index contributed by atoms with van der Waals surface area (Å²) in [6.07, 6.45) is 0.328. The Bertz CT molecular complexity index is 603. The summed E-state index contributed by atoms with van der Waals surface area (Å²) in [5, 5.41) is 0. The van der Waals surface area contributed by atoms with Crippen molar-refractivity contribution in [2.45, 2.75) is 18.2 Å². The second-order valence-corrected chi connectivity index (χ2v) is 5.79. The predicted octanol–water partition coefficient (Wildman–Crippen LogP) is 4.18. The third kappa shape index (κ3) is 3.91. The average molecular weight is 350 g/mol. The van der Waals surface area contributed by atoms with Gasteiger partial charge in [-0.25, -0.2) is 4.39 Å². The first-order valence-electron chi connectivity index (χ1n) is 6.87. The number of para-hydroxylation sites is 1. The SMILES string of the molecule is CCN(C(=O)C(Br)Cc1ccccc1F)c1ccccc1. The van der Waals surface area contributed by atoms with Gasteiger partial charge in [0.05, 0.1) is 4.83 Å². The fourth-order valence-corrected chi connectivity index (χ4v) is 2.78. The molecule has 0 aliphatic carbocycles. The molecule has 0 spiro atoms. The van der Waals surface area contributed by atoms with E-state index < -0.39 is 4.83 Å². The minimum Gasteiger partial charge on any atom is -0.312 e. The molecule has 1 unspecified atom stereocenters. The van der Waals surface area contributed by atoms with Crippen molar-refractivity contribution in [3.8, 4) is 0 Å². The summed E-state index contributed by atoms with van der Waals surface area (Å²) in [4.78, 5) is 13.8. The number of hydrogen-bond donors (Lipinski definition) is 0. The van der Waals surface area contributed by atoms with Gasteiger partial charge >= 0.3 is 0 Å². The van der Waals surface area contributed by atoms with Crippen LogP contribution in [0.5, 0.6) is 0 Å². The van der Waals surface area contributed by atoms with E-state index in [0.29, 0.717) is 18.5 Å². The molecule has 0 aliphatic heterocycles.